The third-order valence-electron chi connectivity index (χ3n) is 4.16. The van der Waals surface area contributed by atoms with E-state index in [4.69, 9.17) is 4.98 Å². The lowest BCUT2D eigenvalue weighted by Gasteiger charge is -2.02. The van der Waals surface area contributed by atoms with Crippen molar-refractivity contribution in [1.29, 1.82) is 0 Å². The summed E-state index contributed by atoms with van der Waals surface area (Å²) >= 11 is 1.56. The lowest BCUT2D eigenvalue weighted by Crippen LogP contribution is -2.14. The highest BCUT2D eigenvalue weighted by Gasteiger charge is 2.09. The van der Waals surface area contributed by atoms with Gasteiger partial charge in [-0.05, 0) is 24.6 Å². The number of aryl methyl sites for hydroxylation is 1. The zero-order chi connectivity index (χ0) is 17.9. The minimum Gasteiger partial charge on any atom is -0.337 e. The molecule has 130 valence electrons. The van der Waals surface area contributed by atoms with E-state index < -0.39 is 0 Å². The summed E-state index contributed by atoms with van der Waals surface area (Å²) in [7, 11) is 0. The molecule has 0 radical (unpaired) electrons. The number of aromatic nitrogens is 4. The van der Waals surface area contributed by atoms with Crippen LogP contribution in [0.2, 0.25) is 0 Å². The molecule has 0 spiro atoms. The van der Waals surface area contributed by atoms with Crippen molar-refractivity contribution >= 4 is 17.4 Å². The van der Waals surface area contributed by atoms with Crippen molar-refractivity contribution in [2.45, 2.75) is 24.3 Å². The molecule has 0 atom stereocenters. The molecule has 0 aliphatic heterocycles. The Kier molecular flexibility index (Phi) is 4.58. The number of hydrogen-bond donors (Lipinski definition) is 1. The van der Waals surface area contributed by atoms with Crippen molar-refractivity contribution in [1.82, 2.24) is 19.4 Å². The molecule has 4 aromatic rings. The van der Waals surface area contributed by atoms with E-state index in [1.807, 2.05) is 43.3 Å². The van der Waals surface area contributed by atoms with Gasteiger partial charge in [-0.2, -0.15) is 0 Å². The fraction of sp³-hybridized carbons (Fsp3) is 0.150. The topological polar surface area (TPSA) is 63.0 Å². The molecule has 0 aliphatic carbocycles. The molecule has 6 heteroatoms. The monoisotopic (exact) mass is 362 g/mol. The molecule has 5 nitrogen and oxygen atoms in total. The number of thioether (sulfide) groups is 1. The van der Waals surface area contributed by atoms with Gasteiger partial charge in [0, 0.05) is 30.1 Å². The summed E-state index contributed by atoms with van der Waals surface area (Å²) in [5, 5.41) is 0.850. The van der Waals surface area contributed by atoms with E-state index in [-0.39, 0.29) is 5.56 Å². The number of aromatic amines is 1. The van der Waals surface area contributed by atoms with Gasteiger partial charge in [0.1, 0.15) is 5.65 Å². The van der Waals surface area contributed by atoms with Gasteiger partial charge in [-0.1, -0.05) is 48.2 Å². The first-order chi connectivity index (χ1) is 12.7. The lowest BCUT2D eigenvalue weighted by molar-refractivity contribution is 0.995. The van der Waals surface area contributed by atoms with Gasteiger partial charge in [0.05, 0.1) is 11.4 Å². The van der Waals surface area contributed by atoms with Crippen LogP contribution in [-0.4, -0.2) is 19.4 Å². The molecule has 1 aromatic carbocycles. The molecule has 3 heterocycles. The number of rotatable bonds is 5. The zero-order valence-electron chi connectivity index (χ0n) is 14.3. The average Bonchev–Trinajstić information content (AvgIpc) is 3.00. The van der Waals surface area contributed by atoms with Crippen molar-refractivity contribution in [2.75, 3.05) is 0 Å². The third-order valence-corrected chi connectivity index (χ3v) is 5.07. The number of imidazole rings is 1. The second kappa shape index (κ2) is 7.17. The molecule has 26 heavy (non-hydrogen) atoms. The average molecular weight is 362 g/mol. The molecule has 0 saturated carbocycles. The van der Waals surface area contributed by atoms with Crippen LogP contribution in [0.15, 0.2) is 70.7 Å². The summed E-state index contributed by atoms with van der Waals surface area (Å²) in [6.07, 6.45) is 2.53. The Morgan fingerprint density at radius 2 is 1.88 bits per heavy atom. The van der Waals surface area contributed by atoms with Gasteiger partial charge < -0.3 is 4.98 Å². The molecule has 4 rings (SSSR count). The number of benzene rings is 1. The Hall–Kier alpha value is -2.86. The fourth-order valence-electron chi connectivity index (χ4n) is 2.82. The minimum absolute atomic E-state index is 0.0633. The van der Waals surface area contributed by atoms with E-state index >= 15 is 0 Å². The van der Waals surface area contributed by atoms with Crippen LogP contribution >= 0.6 is 11.8 Å². The van der Waals surface area contributed by atoms with Crippen molar-refractivity contribution in [2.24, 2.45) is 0 Å². The van der Waals surface area contributed by atoms with Gasteiger partial charge in [0.2, 0.25) is 0 Å². The van der Waals surface area contributed by atoms with Crippen LogP contribution in [0, 0.1) is 6.92 Å². The van der Waals surface area contributed by atoms with Gasteiger partial charge in [-0.3, -0.25) is 9.20 Å². The normalized spacial score (nSPS) is 11.1. The summed E-state index contributed by atoms with van der Waals surface area (Å²) in [4.78, 5) is 24.7. The predicted molar refractivity (Wildman–Crippen MR) is 104 cm³/mol. The molecule has 0 saturated heterocycles. The van der Waals surface area contributed by atoms with E-state index in [1.54, 1.807) is 28.4 Å². The maximum Gasteiger partial charge on any atom is 0.258 e. The maximum absolute atomic E-state index is 12.2. The highest BCUT2D eigenvalue weighted by atomic mass is 32.2. The van der Waals surface area contributed by atoms with Crippen molar-refractivity contribution < 1.29 is 0 Å². The molecular weight excluding hydrogens is 344 g/mol. The Morgan fingerprint density at radius 1 is 1.08 bits per heavy atom. The van der Waals surface area contributed by atoms with E-state index in [1.165, 1.54) is 5.56 Å². The first kappa shape index (κ1) is 16.6. The number of hydrogen-bond acceptors (Lipinski definition) is 4. The molecule has 3 aromatic heterocycles. The summed E-state index contributed by atoms with van der Waals surface area (Å²) in [5.74, 6) is 0.596. The van der Waals surface area contributed by atoms with Crippen LogP contribution < -0.4 is 5.56 Å². The minimum atomic E-state index is -0.0633. The highest BCUT2D eigenvalue weighted by Crippen LogP contribution is 2.21. The molecule has 0 unspecified atom stereocenters. The standard InChI is InChI=1S/C20H18N4OS/c1-14-17(11-15-7-3-2-4-8-15)23-20(21-14)26-13-16-12-19(25)24-10-6-5-9-18(24)22-16/h2-10,12H,11,13H2,1H3,(H,21,23). The van der Waals surface area contributed by atoms with Gasteiger partial charge in [-0.25, -0.2) is 9.97 Å². The maximum atomic E-state index is 12.2. The molecule has 1 N–H and O–H groups in total. The lowest BCUT2D eigenvalue weighted by atomic mass is 10.1. The van der Waals surface area contributed by atoms with Crippen LogP contribution in [0.4, 0.5) is 0 Å². The number of pyridine rings is 1. The SMILES string of the molecule is Cc1[nH]c(SCc2cc(=O)n3ccccc3n2)nc1Cc1ccccc1. The molecule has 0 aliphatic rings. The zero-order valence-corrected chi connectivity index (χ0v) is 15.2. The number of fused-ring (bicyclic) bond motifs is 1. The number of H-pyrrole nitrogens is 1. The first-order valence-corrected chi connectivity index (χ1v) is 9.37. The van der Waals surface area contributed by atoms with Crippen LogP contribution in [-0.2, 0) is 12.2 Å². The van der Waals surface area contributed by atoms with Crippen molar-refractivity contribution in [3.05, 3.63) is 93.8 Å². The van der Waals surface area contributed by atoms with E-state index in [0.717, 1.165) is 28.7 Å². The van der Waals surface area contributed by atoms with Gasteiger partial charge in [0.15, 0.2) is 5.16 Å². The first-order valence-electron chi connectivity index (χ1n) is 8.38. The second-order valence-corrected chi connectivity index (χ2v) is 7.04. The summed E-state index contributed by atoms with van der Waals surface area (Å²) < 4.78 is 1.54. The Bertz CT molecular complexity index is 1100. The molecular formula is C20H18N4OS. The van der Waals surface area contributed by atoms with E-state index in [9.17, 15) is 4.79 Å². The number of nitrogens with one attached hydrogen (secondary N) is 1. The Morgan fingerprint density at radius 3 is 2.73 bits per heavy atom. The van der Waals surface area contributed by atoms with Gasteiger partial charge in [0.25, 0.3) is 5.56 Å². The Balaban J connectivity index is 1.50. The smallest absolute Gasteiger partial charge is 0.258 e. The third kappa shape index (κ3) is 3.55. The van der Waals surface area contributed by atoms with Crippen LogP contribution in [0.5, 0.6) is 0 Å². The fourth-order valence-corrected chi connectivity index (χ4v) is 3.65. The van der Waals surface area contributed by atoms with Crippen molar-refractivity contribution in [3.8, 4) is 0 Å². The quantitative estimate of drug-likeness (QED) is 0.551. The van der Waals surface area contributed by atoms with Gasteiger partial charge in [-0.15, -0.1) is 0 Å². The van der Waals surface area contributed by atoms with Crippen LogP contribution in [0.1, 0.15) is 22.6 Å². The van der Waals surface area contributed by atoms with Gasteiger partial charge >= 0.3 is 0 Å². The number of nitrogens with zero attached hydrogens (tertiary/aromatic N) is 3. The summed E-state index contributed by atoms with van der Waals surface area (Å²) in [6, 6.07) is 17.4. The highest BCUT2D eigenvalue weighted by molar-refractivity contribution is 7.98. The molecule has 0 amide bonds. The molecule has 0 bridgehead atoms. The summed E-state index contributed by atoms with van der Waals surface area (Å²) in [6.45, 7) is 2.04. The second-order valence-electron chi connectivity index (χ2n) is 6.08. The largest absolute Gasteiger partial charge is 0.337 e. The Labute approximate surface area is 155 Å². The van der Waals surface area contributed by atoms with Crippen LogP contribution in [0.25, 0.3) is 5.65 Å². The van der Waals surface area contributed by atoms with E-state index in [2.05, 4.69) is 22.1 Å². The van der Waals surface area contributed by atoms with Crippen molar-refractivity contribution in [3.63, 3.8) is 0 Å². The van der Waals surface area contributed by atoms with E-state index in [0.29, 0.717) is 11.4 Å². The predicted octanol–water partition coefficient (Wildman–Crippen LogP) is 3.61. The summed E-state index contributed by atoms with van der Waals surface area (Å²) in [5.41, 5.74) is 4.71. The van der Waals surface area contributed by atoms with Crippen LogP contribution in [0.3, 0.4) is 0 Å². The molecule has 0 fully saturated rings.